The zero-order chi connectivity index (χ0) is 15.2. The van der Waals surface area contributed by atoms with E-state index >= 15 is 0 Å². The van der Waals surface area contributed by atoms with Crippen LogP contribution in [0.4, 0.5) is 18.9 Å². The van der Waals surface area contributed by atoms with Crippen LogP contribution in [0.5, 0.6) is 0 Å². The van der Waals surface area contributed by atoms with E-state index in [4.69, 9.17) is 5.73 Å². The van der Waals surface area contributed by atoms with Crippen molar-refractivity contribution in [1.29, 1.82) is 0 Å². The van der Waals surface area contributed by atoms with Gasteiger partial charge in [-0.1, -0.05) is 30.3 Å². The van der Waals surface area contributed by atoms with Crippen LogP contribution in [0.15, 0.2) is 42.5 Å². The van der Waals surface area contributed by atoms with E-state index < -0.39 is 18.1 Å². The Kier molecular flexibility index (Phi) is 2.90. The largest absolute Gasteiger partial charge is 0.471 e. The predicted molar refractivity (Wildman–Crippen MR) is 72.3 cm³/mol. The number of carbonyl (C=O) groups excluding carboxylic acids is 1. The normalized spacial score (nSPS) is 16.2. The highest BCUT2D eigenvalue weighted by atomic mass is 19.4. The Balaban J connectivity index is 2.09. The van der Waals surface area contributed by atoms with Gasteiger partial charge < -0.3 is 11.1 Å². The summed E-state index contributed by atoms with van der Waals surface area (Å²) in [5, 5.41) is 2.04. The van der Waals surface area contributed by atoms with Crippen LogP contribution in [-0.4, -0.2) is 12.1 Å². The minimum Gasteiger partial charge on any atom is -0.399 e. The van der Waals surface area contributed by atoms with Crippen LogP contribution in [0.2, 0.25) is 0 Å². The maximum atomic E-state index is 12.5. The van der Waals surface area contributed by atoms with Gasteiger partial charge in [-0.15, -0.1) is 0 Å². The van der Waals surface area contributed by atoms with Gasteiger partial charge in [0.25, 0.3) is 0 Å². The smallest absolute Gasteiger partial charge is 0.399 e. The van der Waals surface area contributed by atoms with Crippen molar-refractivity contribution in [2.75, 3.05) is 5.73 Å². The summed E-state index contributed by atoms with van der Waals surface area (Å²) in [6, 6.07) is 11.2. The van der Waals surface area contributed by atoms with Crippen molar-refractivity contribution < 1.29 is 18.0 Å². The SMILES string of the molecule is Nc1ccc2c(c1)C(NC(=O)C(F)(F)F)c1ccccc1-2. The van der Waals surface area contributed by atoms with Gasteiger partial charge in [-0.05, 0) is 34.4 Å². The van der Waals surface area contributed by atoms with Crippen LogP contribution in [-0.2, 0) is 4.79 Å². The molecule has 0 saturated heterocycles. The molecule has 0 radical (unpaired) electrons. The number of nitrogens with two attached hydrogens (primary N) is 1. The highest BCUT2D eigenvalue weighted by Gasteiger charge is 2.41. The number of rotatable bonds is 1. The molecule has 0 bridgehead atoms. The standard InChI is InChI=1S/C15H11F3N2O/c16-15(17,18)14(21)20-13-11-4-2-1-3-9(11)10-6-5-8(19)7-12(10)13/h1-7,13H,19H2,(H,20,21). The summed E-state index contributed by atoms with van der Waals surface area (Å²) in [6.07, 6.45) is -4.92. The summed E-state index contributed by atoms with van der Waals surface area (Å²) in [5.74, 6) is -1.96. The summed E-state index contributed by atoms with van der Waals surface area (Å²) < 4.78 is 37.5. The molecule has 108 valence electrons. The Bertz CT molecular complexity index is 725. The first-order chi connectivity index (χ1) is 9.88. The maximum absolute atomic E-state index is 12.5. The van der Waals surface area contributed by atoms with E-state index in [1.807, 2.05) is 11.4 Å². The number of hydrogen-bond acceptors (Lipinski definition) is 2. The lowest BCUT2D eigenvalue weighted by molar-refractivity contribution is -0.174. The molecule has 1 unspecified atom stereocenters. The molecule has 2 aromatic rings. The molecule has 6 heteroatoms. The average Bonchev–Trinajstić information content (AvgIpc) is 2.72. The third-order valence-electron chi connectivity index (χ3n) is 3.48. The number of nitrogens with one attached hydrogen (secondary N) is 1. The topological polar surface area (TPSA) is 55.1 Å². The second-order valence-electron chi connectivity index (χ2n) is 4.84. The first kappa shape index (κ1) is 13.5. The third kappa shape index (κ3) is 2.22. The molecule has 0 fully saturated rings. The molecule has 0 heterocycles. The second-order valence-corrected chi connectivity index (χ2v) is 4.84. The zero-order valence-corrected chi connectivity index (χ0v) is 10.7. The third-order valence-corrected chi connectivity index (χ3v) is 3.48. The van der Waals surface area contributed by atoms with Crippen molar-refractivity contribution in [3.05, 3.63) is 53.6 Å². The molecule has 3 nitrogen and oxygen atoms in total. The Morgan fingerprint density at radius 2 is 1.71 bits per heavy atom. The van der Waals surface area contributed by atoms with E-state index in [0.717, 1.165) is 11.1 Å². The average molecular weight is 292 g/mol. The Morgan fingerprint density at radius 1 is 1.05 bits per heavy atom. The van der Waals surface area contributed by atoms with E-state index in [9.17, 15) is 18.0 Å². The van der Waals surface area contributed by atoms with Crippen molar-refractivity contribution in [1.82, 2.24) is 5.32 Å². The highest BCUT2D eigenvalue weighted by Crippen LogP contribution is 2.44. The molecular formula is C15H11F3N2O. The van der Waals surface area contributed by atoms with E-state index in [1.54, 1.807) is 36.4 Å². The lowest BCUT2D eigenvalue weighted by atomic mass is 10.0. The van der Waals surface area contributed by atoms with Crippen molar-refractivity contribution in [3.8, 4) is 11.1 Å². The molecule has 0 spiro atoms. The molecule has 0 saturated carbocycles. The zero-order valence-electron chi connectivity index (χ0n) is 10.7. The number of anilines is 1. The number of fused-ring (bicyclic) bond motifs is 3. The van der Waals surface area contributed by atoms with Crippen molar-refractivity contribution in [3.63, 3.8) is 0 Å². The number of hydrogen-bond donors (Lipinski definition) is 2. The number of alkyl halides is 3. The Hall–Kier alpha value is -2.50. The summed E-state index contributed by atoms with van der Waals surface area (Å²) in [5.41, 5.74) is 8.95. The van der Waals surface area contributed by atoms with Crippen molar-refractivity contribution in [2.24, 2.45) is 0 Å². The molecule has 0 aromatic heterocycles. The van der Waals surface area contributed by atoms with Crippen molar-refractivity contribution >= 4 is 11.6 Å². The van der Waals surface area contributed by atoms with Gasteiger partial charge >= 0.3 is 12.1 Å². The fourth-order valence-corrected chi connectivity index (χ4v) is 2.60. The minimum absolute atomic E-state index is 0.438. The van der Waals surface area contributed by atoms with Gasteiger partial charge in [0.2, 0.25) is 0 Å². The molecule has 21 heavy (non-hydrogen) atoms. The lowest BCUT2D eigenvalue weighted by Crippen LogP contribution is -2.38. The Morgan fingerprint density at radius 3 is 2.43 bits per heavy atom. The monoisotopic (exact) mass is 292 g/mol. The van der Waals surface area contributed by atoms with Gasteiger partial charge in [-0.25, -0.2) is 0 Å². The van der Waals surface area contributed by atoms with Gasteiger partial charge in [0, 0.05) is 5.69 Å². The first-order valence-corrected chi connectivity index (χ1v) is 6.24. The van der Waals surface area contributed by atoms with Crippen molar-refractivity contribution in [2.45, 2.75) is 12.2 Å². The van der Waals surface area contributed by atoms with Gasteiger partial charge in [0.05, 0.1) is 6.04 Å². The minimum atomic E-state index is -4.92. The van der Waals surface area contributed by atoms with Crippen LogP contribution in [0.3, 0.4) is 0 Å². The van der Waals surface area contributed by atoms with E-state index in [0.29, 0.717) is 16.8 Å². The molecule has 2 aromatic carbocycles. The molecule has 1 amide bonds. The van der Waals surface area contributed by atoms with E-state index in [-0.39, 0.29) is 0 Å². The molecule has 1 aliphatic rings. The van der Waals surface area contributed by atoms with E-state index in [2.05, 4.69) is 0 Å². The molecular weight excluding hydrogens is 281 g/mol. The summed E-state index contributed by atoms with van der Waals surface area (Å²) >= 11 is 0. The first-order valence-electron chi connectivity index (χ1n) is 6.24. The van der Waals surface area contributed by atoms with Gasteiger partial charge in [0.15, 0.2) is 0 Å². The van der Waals surface area contributed by atoms with Gasteiger partial charge in [-0.3, -0.25) is 4.79 Å². The van der Waals surface area contributed by atoms with Crippen LogP contribution >= 0.6 is 0 Å². The fraction of sp³-hybridized carbons (Fsp3) is 0.133. The Labute approximate surface area is 118 Å². The molecule has 0 aliphatic heterocycles. The quantitative estimate of drug-likeness (QED) is 0.794. The van der Waals surface area contributed by atoms with Crippen LogP contribution in [0, 0.1) is 0 Å². The number of carbonyl (C=O) groups is 1. The summed E-state index contributed by atoms with van der Waals surface area (Å²) in [6.45, 7) is 0. The predicted octanol–water partition coefficient (Wildman–Crippen LogP) is 3.02. The van der Waals surface area contributed by atoms with Crippen LogP contribution < -0.4 is 11.1 Å². The van der Waals surface area contributed by atoms with Crippen LogP contribution in [0.25, 0.3) is 11.1 Å². The van der Waals surface area contributed by atoms with Gasteiger partial charge in [-0.2, -0.15) is 13.2 Å². The van der Waals surface area contributed by atoms with Gasteiger partial charge in [0.1, 0.15) is 0 Å². The molecule has 1 aliphatic carbocycles. The number of amides is 1. The molecule has 1 atom stereocenters. The summed E-state index contributed by atoms with van der Waals surface area (Å²) in [4.78, 5) is 11.3. The van der Waals surface area contributed by atoms with E-state index in [1.165, 1.54) is 0 Å². The number of benzene rings is 2. The number of nitrogen functional groups attached to an aromatic ring is 1. The molecule has 3 N–H and O–H groups in total. The second kappa shape index (κ2) is 4.51. The number of halogens is 3. The highest BCUT2D eigenvalue weighted by molar-refractivity contribution is 5.86. The fourth-order valence-electron chi connectivity index (χ4n) is 2.60. The maximum Gasteiger partial charge on any atom is 0.471 e. The summed E-state index contributed by atoms with van der Waals surface area (Å²) in [7, 11) is 0. The molecule has 3 rings (SSSR count). The van der Waals surface area contributed by atoms with Crippen LogP contribution in [0.1, 0.15) is 17.2 Å². The lowest BCUT2D eigenvalue weighted by Gasteiger charge is -2.17.